The van der Waals surface area contributed by atoms with E-state index in [9.17, 15) is 9.90 Å². The molecule has 0 bridgehead atoms. The molecule has 152 valence electrons. The van der Waals surface area contributed by atoms with Crippen molar-refractivity contribution in [2.75, 3.05) is 12.3 Å². The summed E-state index contributed by atoms with van der Waals surface area (Å²) in [4.78, 5) is 16.2. The number of aliphatic hydroxyl groups excluding tert-OH is 1. The maximum atomic E-state index is 12.3. The average molecular weight is 507 g/mol. The molecule has 0 saturated carbocycles. The van der Waals surface area contributed by atoms with Crippen LogP contribution < -0.4 is 11.4 Å². The van der Waals surface area contributed by atoms with Crippen LogP contribution in [0, 0.1) is 3.57 Å². The first-order valence-electron chi connectivity index (χ1n) is 9.00. The van der Waals surface area contributed by atoms with E-state index >= 15 is 0 Å². The van der Waals surface area contributed by atoms with E-state index in [0.717, 1.165) is 0 Å². The topological polar surface area (TPSA) is 99.6 Å². The number of rotatable bonds is 6. The maximum absolute atomic E-state index is 12.3. The monoisotopic (exact) mass is 507 g/mol. The lowest BCUT2D eigenvalue weighted by molar-refractivity contribution is -0.0741. The lowest BCUT2D eigenvalue weighted by Gasteiger charge is -2.43. The summed E-state index contributed by atoms with van der Waals surface area (Å²) in [5.74, 6) is 0.201. The first kappa shape index (κ1) is 22.5. The Morgan fingerprint density at radius 3 is 2.78 bits per heavy atom. The van der Waals surface area contributed by atoms with Gasteiger partial charge in [0, 0.05) is 12.6 Å². The predicted octanol–water partition coefficient (Wildman–Crippen LogP) is 2.70. The number of hydrogen-bond donors (Lipinski definition) is 2. The van der Waals surface area contributed by atoms with Gasteiger partial charge in [-0.25, -0.2) is 4.79 Å². The minimum absolute atomic E-state index is 0.0220. The highest BCUT2D eigenvalue weighted by Gasteiger charge is 2.51. The van der Waals surface area contributed by atoms with Gasteiger partial charge >= 0.3 is 5.69 Å². The van der Waals surface area contributed by atoms with Gasteiger partial charge in [0.2, 0.25) is 0 Å². The second-order valence-electron chi connectivity index (χ2n) is 8.53. The molecule has 1 saturated heterocycles. The molecule has 7 nitrogen and oxygen atoms in total. The third-order valence-electron chi connectivity index (χ3n) is 5.77. The number of anilines is 1. The van der Waals surface area contributed by atoms with Crippen LogP contribution in [0.2, 0.25) is 18.1 Å². The average Bonchev–Trinajstić information content (AvgIpc) is 2.98. The molecule has 1 aliphatic rings. The summed E-state index contributed by atoms with van der Waals surface area (Å²) < 4.78 is 14.2. The Kier molecular flexibility index (Phi) is 6.94. The number of hydrogen-bond acceptors (Lipinski definition) is 6. The number of aromatic nitrogens is 2. The summed E-state index contributed by atoms with van der Waals surface area (Å²) in [7, 11) is -2.12. The van der Waals surface area contributed by atoms with Crippen LogP contribution >= 0.6 is 22.6 Å². The summed E-state index contributed by atoms with van der Waals surface area (Å²) in [5.41, 5.74) is 4.60. The third kappa shape index (κ3) is 4.64. The molecular weight excluding hydrogens is 477 g/mol. The van der Waals surface area contributed by atoms with Crippen LogP contribution in [0.3, 0.4) is 0 Å². The lowest BCUT2D eigenvalue weighted by atomic mass is 10.2. The van der Waals surface area contributed by atoms with Gasteiger partial charge in [0.05, 0.1) is 30.1 Å². The van der Waals surface area contributed by atoms with E-state index < -0.39 is 31.8 Å². The van der Waals surface area contributed by atoms with Crippen molar-refractivity contribution in [2.45, 2.75) is 69.5 Å². The van der Waals surface area contributed by atoms with Gasteiger partial charge < -0.3 is 20.3 Å². The molecule has 1 aromatic rings. The van der Waals surface area contributed by atoms with Gasteiger partial charge in [-0.15, -0.1) is 6.58 Å². The van der Waals surface area contributed by atoms with Crippen molar-refractivity contribution < 1.29 is 14.6 Å². The first-order valence-corrected chi connectivity index (χ1v) is 13.2. The molecule has 1 aromatic heterocycles. The zero-order valence-electron chi connectivity index (χ0n) is 16.6. The third-order valence-corrected chi connectivity index (χ3v) is 12.3. The first-order chi connectivity index (χ1) is 12.4. The largest absolute Gasteiger partial charge is 0.394 e. The van der Waals surface area contributed by atoms with Crippen molar-refractivity contribution in [3.8, 4) is 0 Å². The van der Waals surface area contributed by atoms with E-state index in [1.807, 2.05) is 22.6 Å². The van der Waals surface area contributed by atoms with E-state index in [0.29, 0.717) is 16.6 Å². The number of nitrogens with two attached hydrogens (primary N) is 1. The van der Waals surface area contributed by atoms with Crippen molar-refractivity contribution in [1.82, 2.24) is 9.55 Å². The molecule has 27 heavy (non-hydrogen) atoms. The Morgan fingerprint density at radius 1 is 1.59 bits per heavy atom. The number of halogens is 1. The molecule has 2 rings (SSSR count). The molecule has 3 N–H and O–H groups in total. The highest BCUT2D eigenvalue weighted by Crippen LogP contribution is 2.43. The second kappa shape index (κ2) is 8.32. The van der Waals surface area contributed by atoms with Gasteiger partial charge in [-0.3, -0.25) is 4.57 Å². The number of ether oxygens (including phenoxy) is 2. The van der Waals surface area contributed by atoms with E-state index in [1.165, 1.54) is 4.57 Å². The Labute approximate surface area is 175 Å². The Morgan fingerprint density at radius 2 is 2.22 bits per heavy atom. The quantitative estimate of drug-likeness (QED) is 0.349. The fraction of sp³-hybridized carbons (Fsp3) is 0.667. The van der Waals surface area contributed by atoms with Crippen LogP contribution in [-0.4, -0.2) is 47.3 Å². The molecule has 0 aromatic carbocycles. The van der Waals surface area contributed by atoms with Crippen LogP contribution in [0.1, 0.15) is 33.4 Å². The highest BCUT2D eigenvalue weighted by molar-refractivity contribution is 14.1. The molecule has 0 spiro atoms. The van der Waals surface area contributed by atoms with Gasteiger partial charge in [-0.1, -0.05) is 39.9 Å². The standard InChI is InChI=1S/C18H30IN3O4Si/c1-7-8-25-12-9-13(22-10-11(19)15(20)21-17(22)24)26-14(12)16(23)27(5,6)18(2,3)4/h7,10,12-14,16,23H,1,8-9H2,2-6H3,(H2,20,21,24)/t12-,13+,14-,16?/m0/s1. The van der Waals surface area contributed by atoms with Gasteiger partial charge in [-0.2, -0.15) is 4.98 Å². The Bertz CT molecular complexity index is 747. The molecular formula is C18H30IN3O4Si. The van der Waals surface area contributed by atoms with Crippen molar-refractivity contribution in [2.24, 2.45) is 0 Å². The molecule has 1 aliphatic heterocycles. The van der Waals surface area contributed by atoms with Crippen LogP contribution in [0.5, 0.6) is 0 Å². The smallest absolute Gasteiger partial charge is 0.351 e. The van der Waals surface area contributed by atoms with Crippen molar-refractivity contribution in [3.05, 3.63) is 32.9 Å². The fourth-order valence-corrected chi connectivity index (χ4v) is 5.41. The molecule has 0 radical (unpaired) electrons. The Balaban J connectivity index is 2.35. The summed E-state index contributed by atoms with van der Waals surface area (Å²) in [6, 6.07) is 0. The van der Waals surface area contributed by atoms with Crippen LogP contribution in [-0.2, 0) is 9.47 Å². The molecule has 9 heteroatoms. The SMILES string of the molecule is C=CCO[C@H]1C[C@H](n2cc(I)c(N)nc2=O)O[C@@H]1C(O)[Si](C)(C)C(C)(C)C. The van der Waals surface area contributed by atoms with E-state index in [2.05, 4.69) is 45.4 Å². The van der Waals surface area contributed by atoms with E-state index in [1.54, 1.807) is 12.3 Å². The van der Waals surface area contributed by atoms with E-state index in [-0.39, 0.29) is 17.0 Å². The second-order valence-corrected chi connectivity index (χ2v) is 15.2. The molecule has 0 aliphatic carbocycles. The molecule has 4 atom stereocenters. The van der Waals surface area contributed by atoms with Crippen molar-refractivity contribution in [1.29, 1.82) is 0 Å². The zero-order chi connectivity index (χ0) is 20.6. The summed E-state index contributed by atoms with van der Waals surface area (Å²) in [6.45, 7) is 14.8. The summed E-state index contributed by atoms with van der Waals surface area (Å²) >= 11 is 2.03. The Hall–Kier alpha value is -0.753. The van der Waals surface area contributed by atoms with Gasteiger partial charge in [0.15, 0.2) is 0 Å². The number of nitrogens with zero attached hydrogens (tertiary/aromatic N) is 2. The fourth-order valence-electron chi connectivity index (χ4n) is 2.99. The van der Waals surface area contributed by atoms with Crippen LogP contribution in [0.4, 0.5) is 5.82 Å². The van der Waals surface area contributed by atoms with Crippen molar-refractivity contribution >= 4 is 36.5 Å². The maximum Gasteiger partial charge on any atom is 0.351 e. The van der Waals surface area contributed by atoms with Gasteiger partial charge in [0.25, 0.3) is 0 Å². The number of aliphatic hydroxyl groups is 1. The predicted molar refractivity (Wildman–Crippen MR) is 117 cm³/mol. The highest BCUT2D eigenvalue weighted by atomic mass is 127. The van der Waals surface area contributed by atoms with Gasteiger partial charge in [-0.05, 0) is 27.6 Å². The minimum Gasteiger partial charge on any atom is -0.394 e. The molecule has 1 unspecified atom stereocenters. The normalized spacial score (nSPS) is 24.8. The minimum atomic E-state index is -2.12. The van der Waals surface area contributed by atoms with Gasteiger partial charge in [0.1, 0.15) is 18.1 Å². The van der Waals surface area contributed by atoms with Crippen LogP contribution in [0.25, 0.3) is 0 Å². The van der Waals surface area contributed by atoms with Crippen molar-refractivity contribution in [3.63, 3.8) is 0 Å². The van der Waals surface area contributed by atoms with Crippen LogP contribution in [0.15, 0.2) is 23.6 Å². The molecule has 1 fully saturated rings. The zero-order valence-corrected chi connectivity index (χ0v) is 19.8. The van der Waals surface area contributed by atoms with E-state index in [4.69, 9.17) is 15.2 Å². The molecule has 0 amide bonds. The lowest BCUT2D eigenvalue weighted by Crippen LogP contribution is -2.57. The summed E-state index contributed by atoms with van der Waals surface area (Å²) in [5, 5.41) is 11.2. The summed E-state index contributed by atoms with van der Waals surface area (Å²) in [6.07, 6.45) is 2.35. The number of nitrogen functional groups attached to an aromatic ring is 1. The molecule has 2 heterocycles.